The first kappa shape index (κ1) is 18.4. The molecular formula is C11H9O6RbS2. The average molecular weight is 387 g/mol. The summed E-state index contributed by atoms with van der Waals surface area (Å²) in [5.74, 6) is 0. The SMILES string of the molecule is COS(=O)(=O)c1c(S(=O)(=O)[O-])ccc2ccccc12.[Rb+]. The number of rotatable bonds is 3. The minimum absolute atomic E-state index is 0. The van der Waals surface area contributed by atoms with Crippen molar-refractivity contribution in [1.29, 1.82) is 0 Å². The molecule has 0 aliphatic heterocycles. The van der Waals surface area contributed by atoms with Gasteiger partial charge >= 0.3 is 58.2 Å². The van der Waals surface area contributed by atoms with Crippen LogP contribution in [-0.2, 0) is 24.4 Å². The van der Waals surface area contributed by atoms with Crippen molar-refractivity contribution in [2.45, 2.75) is 9.79 Å². The number of fused-ring (bicyclic) bond motifs is 1. The third kappa shape index (κ3) is 3.56. The van der Waals surface area contributed by atoms with E-state index in [1.54, 1.807) is 12.1 Å². The van der Waals surface area contributed by atoms with E-state index >= 15 is 0 Å². The molecular weight excluding hydrogens is 378 g/mol. The van der Waals surface area contributed by atoms with Crippen molar-refractivity contribution in [3.8, 4) is 0 Å². The Morgan fingerprint density at radius 3 is 2.15 bits per heavy atom. The molecule has 0 unspecified atom stereocenters. The van der Waals surface area contributed by atoms with Crippen LogP contribution in [0.15, 0.2) is 46.2 Å². The second-order valence-corrected chi connectivity index (χ2v) is 6.69. The molecule has 0 saturated carbocycles. The molecule has 0 fully saturated rings. The minimum Gasteiger partial charge on any atom is -0.744 e. The third-order valence-corrected chi connectivity index (χ3v) is 4.97. The normalized spacial score (nSPS) is 12.1. The van der Waals surface area contributed by atoms with E-state index in [-0.39, 0.29) is 63.6 Å². The smallest absolute Gasteiger partial charge is 0.744 e. The molecule has 0 spiro atoms. The van der Waals surface area contributed by atoms with Gasteiger partial charge in [0.05, 0.1) is 12.0 Å². The first-order valence-corrected chi connectivity index (χ1v) is 7.87. The number of hydrogen-bond donors (Lipinski definition) is 0. The van der Waals surface area contributed by atoms with Crippen LogP contribution >= 0.6 is 0 Å². The summed E-state index contributed by atoms with van der Waals surface area (Å²) in [5, 5.41) is 0.617. The molecule has 0 N–H and O–H groups in total. The Balaban J connectivity index is 0.00000200. The maximum Gasteiger partial charge on any atom is 1.00 e. The molecule has 0 aromatic heterocycles. The average Bonchev–Trinajstić information content (AvgIpc) is 2.36. The van der Waals surface area contributed by atoms with E-state index in [0.717, 1.165) is 13.2 Å². The summed E-state index contributed by atoms with van der Waals surface area (Å²) in [6, 6.07) is 8.56. The summed E-state index contributed by atoms with van der Waals surface area (Å²) in [6.45, 7) is 0. The zero-order valence-corrected chi connectivity index (χ0v) is 17.3. The van der Waals surface area contributed by atoms with Crippen molar-refractivity contribution >= 4 is 31.0 Å². The van der Waals surface area contributed by atoms with Crippen molar-refractivity contribution in [1.82, 2.24) is 0 Å². The van der Waals surface area contributed by atoms with Gasteiger partial charge in [0.2, 0.25) is 0 Å². The summed E-state index contributed by atoms with van der Waals surface area (Å²) in [4.78, 5) is -1.43. The number of benzene rings is 2. The molecule has 2 aromatic rings. The van der Waals surface area contributed by atoms with Crippen LogP contribution in [0.5, 0.6) is 0 Å². The van der Waals surface area contributed by atoms with E-state index in [0.29, 0.717) is 5.39 Å². The zero-order chi connectivity index (χ0) is 14.3. The van der Waals surface area contributed by atoms with E-state index in [9.17, 15) is 21.4 Å². The maximum absolute atomic E-state index is 11.9. The molecule has 0 aliphatic carbocycles. The fraction of sp³-hybridized carbons (Fsp3) is 0.0909. The van der Waals surface area contributed by atoms with Gasteiger partial charge in [0, 0.05) is 5.39 Å². The largest absolute Gasteiger partial charge is 1.00 e. The maximum atomic E-state index is 11.9. The minimum atomic E-state index is -4.93. The Hall–Kier alpha value is 0.325. The van der Waals surface area contributed by atoms with Gasteiger partial charge in [0.25, 0.3) is 10.1 Å². The Kier molecular flexibility index (Phi) is 6.08. The van der Waals surface area contributed by atoms with Gasteiger partial charge in [0.1, 0.15) is 15.0 Å². The molecule has 0 radical (unpaired) electrons. The first-order chi connectivity index (χ1) is 8.77. The second kappa shape index (κ2) is 6.61. The quantitative estimate of drug-likeness (QED) is 0.450. The molecule has 2 rings (SSSR count). The standard InChI is InChI=1S/C11H10O6S2.Rb/c1-17-19(15,16)11-9-5-3-2-4-8(9)6-7-10(11)18(12,13)14;/h2-7H,1H3,(H,12,13,14);/q;+1/p-1. The molecule has 0 aliphatic rings. The van der Waals surface area contributed by atoms with Crippen LogP contribution in [0.3, 0.4) is 0 Å². The van der Waals surface area contributed by atoms with Crippen LogP contribution in [0.4, 0.5) is 0 Å². The van der Waals surface area contributed by atoms with Crippen molar-refractivity contribution in [2.24, 2.45) is 0 Å². The molecule has 0 bridgehead atoms. The predicted octanol–water partition coefficient (Wildman–Crippen LogP) is -1.92. The van der Waals surface area contributed by atoms with Gasteiger partial charge < -0.3 is 4.55 Å². The zero-order valence-electron chi connectivity index (χ0n) is 10.7. The van der Waals surface area contributed by atoms with Crippen LogP contribution < -0.4 is 58.2 Å². The molecule has 0 saturated heterocycles. The van der Waals surface area contributed by atoms with Gasteiger partial charge in [-0.3, -0.25) is 4.18 Å². The molecule has 102 valence electrons. The molecule has 20 heavy (non-hydrogen) atoms. The van der Waals surface area contributed by atoms with Gasteiger partial charge in [-0.1, -0.05) is 30.3 Å². The van der Waals surface area contributed by atoms with E-state index in [1.807, 2.05) is 0 Å². The third-order valence-electron chi connectivity index (χ3n) is 2.58. The predicted molar refractivity (Wildman–Crippen MR) is 66.1 cm³/mol. The van der Waals surface area contributed by atoms with E-state index < -0.39 is 30.0 Å². The van der Waals surface area contributed by atoms with Crippen LogP contribution in [0.2, 0.25) is 0 Å². The molecule has 9 heteroatoms. The monoisotopic (exact) mass is 386 g/mol. The molecule has 0 amide bonds. The van der Waals surface area contributed by atoms with Crippen molar-refractivity contribution in [2.75, 3.05) is 7.11 Å². The Morgan fingerprint density at radius 1 is 1.00 bits per heavy atom. The topological polar surface area (TPSA) is 101 Å². The van der Waals surface area contributed by atoms with E-state index in [1.165, 1.54) is 18.2 Å². The van der Waals surface area contributed by atoms with Crippen LogP contribution in [0, 0.1) is 0 Å². The van der Waals surface area contributed by atoms with Crippen LogP contribution in [0.25, 0.3) is 10.8 Å². The fourth-order valence-corrected chi connectivity index (χ4v) is 3.88. The van der Waals surface area contributed by atoms with Crippen LogP contribution in [0.1, 0.15) is 0 Å². The molecule has 2 aromatic carbocycles. The fourth-order valence-electron chi connectivity index (χ4n) is 1.76. The van der Waals surface area contributed by atoms with E-state index in [2.05, 4.69) is 4.18 Å². The summed E-state index contributed by atoms with van der Waals surface area (Å²) < 4.78 is 61.6. The molecule has 0 atom stereocenters. The van der Waals surface area contributed by atoms with E-state index in [4.69, 9.17) is 0 Å². The first-order valence-electron chi connectivity index (χ1n) is 5.05. The van der Waals surface area contributed by atoms with Gasteiger partial charge in [-0.2, -0.15) is 8.42 Å². The second-order valence-electron chi connectivity index (χ2n) is 3.69. The molecule has 0 heterocycles. The molecule has 6 nitrogen and oxygen atoms in total. The Morgan fingerprint density at radius 2 is 1.60 bits per heavy atom. The Labute approximate surface area is 165 Å². The van der Waals surface area contributed by atoms with Crippen molar-refractivity contribution in [3.05, 3.63) is 36.4 Å². The summed E-state index contributed by atoms with van der Waals surface area (Å²) >= 11 is 0. The van der Waals surface area contributed by atoms with Gasteiger partial charge in [-0.25, -0.2) is 8.42 Å². The number of hydrogen-bond acceptors (Lipinski definition) is 6. The summed E-state index contributed by atoms with van der Waals surface area (Å²) in [7, 11) is -8.34. The van der Waals surface area contributed by atoms with Crippen molar-refractivity contribution in [3.63, 3.8) is 0 Å². The Bertz CT molecular complexity index is 842. The van der Waals surface area contributed by atoms with Gasteiger partial charge in [0.15, 0.2) is 0 Å². The van der Waals surface area contributed by atoms with Gasteiger partial charge in [-0.15, -0.1) is 0 Å². The van der Waals surface area contributed by atoms with Crippen molar-refractivity contribution < 1.29 is 83.8 Å². The van der Waals surface area contributed by atoms with Gasteiger partial charge in [-0.05, 0) is 11.5 Å². The van der Waals surface area contributed by atoms with Crippen LogP contribution in [-0.4, -0.2) is 28.5 Å². The summed E-state index contributed by atoms with van der Waals surface area (Å²) in [6.07, 6.45) is 0. The summed E-state index contributed by atoms with van der Waals surface area (Å²) in [5.41, 5.74) is 0.